The first-order valence-electron chi connectivity index (χ1n) is 13.7. The van der Waals surface area contributed by atoms with Gasteiger partial charge < -0.3 is 18.9 Å². The van der Waals surface area contributed by atoms with Crippen molar-refractivity contribution in [2.75, 3.05) is 20.3 Å². The summed E-state index contributed by atoms with van der Waals surface area (Å²) in [6.07, 6.45) is 4.09. The average molecular weight is 555 g/mol. The number of benzene rings is 2. The summed E-state index contributed by atoms with van der Waals surface area (Å²) < 4.78 is 37.6. The molecule has 0 amide bonds. The van der Waals surface area contributed by atoms with E-state index in [1.54, 1.807) is 25.3 Å². The molecule has 1 aromatic heterocycles. The second-order valence-electron chi connectivity index (χ2n) is 10.0. The van der Waals surface area contributed by atoms with Crippen LogP contribution in [0.3, 0.4) is 0 Å². The van der Waals surface area contributed by atoms with Crippen molar-refractivity contribution in [2.24, 2.45) is 0 Å². The number of carbonyl (C=O) groups excluding carboxylic acids is 1. The summed E-state index contributed by atoms with van der Waals surface area (Å²) in [5, 5.41) is 9.80. The molecule has 1 aliphatic carbocycles. The van der Waals surface area contributed by atoms with Crippen molar-refractivity contribution < 1.29 is 28.1 Å². The minimum atomic E-state index is -0.461. The quantitative estimate of drug-likeness (QED) is 0.247. The highest BCUT2D eigenvalue weighted by atomic mass is 19.1. The van der Waals surface area contributed by atoms with E-state index in [1.807, 2.05) is 24.3 Å². The lowest BCUT2D eigenvalue weighted by Crippen LogP contribution is -2.26. The van der Waals surface area contributed by atoms with E-state index in [1.165, 1.54) is 13.2 Å². The van der Waals surface area contributed by atoms with Crippen LogP contribution in [-0.2, 0) is 20.7 Å². The largest absolute Gasteiger partial charge is 0.486 e. The van der Waals surface area contributed by atoms with Crippen LogP contribution in [0.4, 0.5) is 4.39 Å². The molecule has 8 heteroatoms. The van der Waals surface area contributed by atoms with Gasteiger partial charge >= 0.3 is 5.97 Å². The zero-order valence-corrected chi connectivity index (χ0v) is 23.1. The van der Waals surface area contributed by atoms with E-state index in [-0.39, 0.29) is 30.2 Å². The van der Waals surface area contributed by atoms with Gasteiger partial charge in [-0.25, -0.2) is 9.37 Å². The van der Waals surface area contributed by atoms with Gasteiger partial charge in [-0.1, -0.05) is 24.1 Å². The van der Waals surface area contributed by atoms with Gasteiger partial charge in [0.15, 0.2) is 0 Å². The molecule has 7 nitrogen and oxygen atoms in total. The van der Waals surface area contributed by atoms with Gasteiger partial charge in [0.2, 0.25) is 5.88 Å². The van der Waals surface area contributed by atoms with Gasteiger partial charge in [-0.15, -0.1) is 5.92 Å². The molecule has 5 rings (SSSR count). The molecule has 0 saturated carbocycles. The second-order valence-corrected chi connectivity index (χ2v) is 10.0. The standard InChI is InChI=1S/C33H31FN2O5/c1-3-4-22(18-31(37)38-2)21-5-7-25(8-6-21)40-30-12-10-28-27(9-11-29(34)32(28)30)24-17-23(19-35)33(36-20-24)41-26-13-15-39-16-14-26/h5-9,11,17,20,22,26,30H,10,12-16,18H2,1-2H3/t22?,30-/m1/s1. The summed E-state index contributed by atoms with van der Waals surface area (Å²) in [6, 6.07) is 14.5. The maximum atomic E-state index is 15.2. The molecule has 41 heavy (non-hydrogen) atoms. The number of carbonyl (C=O) groups is 1. The predicted octanol–water partition coefficient (Wildman–Crippen LogP) is 6.05. The number of fused-ring (bicyclic) bond motifs is 1. The number of aromatic nitrogens is 1. The average Bonchev–Trinajstić information content (AvgIpc) is 3.42. The molecule has 3 aromatic rings. The Bertz CT molecular complexity index is 1510. The predicted molar refractivity (Wildman–Crippen MR) is 150 cm³/mol. The smallest absolute Gasteiger partial charge is 0.307 e. The lowest BCUT2D eigenvalue weighted by atomic mass is 9.96. The van der Waals surface area contributed by atoms with Crippen LogP contribution in [0.25, 0.3) is 11.1 Å². The molecule has 1 unspecified atom stereocenters. The van der Waals surface area contributed by atoms with Crippen molar-refractivity contribution in [1.82, 2.24) is 4.98 Å². The number of hydrogen-bond acceptors (Lipinski definition) is 7. The molecule has 0 spiro atoms. The van der Waals surface area contributed by atoms with Crippen LogP contribution >= 0.6 is 0 Å². The molecule has 1 fully saturated rings. The summed E-state index contributed by atoms with van der Waals surface area (Å²) >= 11 is 0. The van der Waals surface area contributed by atoms with Crippen molar-refractivity contribution in [1.29, 1.82) is 5.26 Å². The van der Waals surface area contributed by atoms with Crippen molar-refractivity contribution >= 4 is 5.97 Å². The molecule has 1 saturated heterocycles. The van der Waals surface area contributed by atoms with E-state index in [0.717, 1.165) is 35.1 Å². The zero-order chi connectivity index (χ0) is 28.8. The number of nitrogens with zero attached hydrogens (tertiary/aromatic N) is 2. The summed E-state index contributed by atoms with van der Waals surface area (Å²) in [7, 11) is 1.36. The third-order valence-corrected chi connectivity index (χ3v) is 7.49. The SMILES string of the molecule is CC#CC(CC(=O)OC)c1ccc(O[C@@H]2CCc3c(-c4cnc(OC5CCOCC5)c(C#N)c4)ccc(F)c32)cc1. The maximum absolute atomic E-state index is 15.2. The second kappa shape index (κ2) is 12.8. The highest BCUT2D eigenvalue weighted by molar-refractivity contribution is 5.72. The van der Waals surface area contributed by atoms with Crippen molar-refractivity contribution in [3.05, 3.63) is 76.7 Å². The number of ether oxygens (including phenoxy) is 4. The van der Waals surface area contributed by atoms with E-state index in [2.05, 4.69) is 22.9 Å². The molecule has 1 aliphatic heterocycles. The number of nitriles is 1. The minimum Gasteiger partial charge on any atom is -0.486 e. The molecule has 0 bridgehead atoms. The van der Waals surface area contributed by atoms with Gasteiger partial charge in [-0.05, 0) is 60.7 Å². The van der Waals surface area contributed by atoms with Crippen LogP contribution in [0.15, 0.2) is 48.7 Å². The number of hydrogen-bond donors (Lipinski definition) is 0. The Morgan fingerprint density at radius 1 is 1.15 bits per heavy atom. The lowest BCUT2D eigenvalue weighted by molar-refractivity contribution is -0.140. The van der Waals surface area contributed by atoms with Gasteiger partial charge in [0.1, 0.15) is 35.4 Å². The van der Waals surface area contributed by atoms with Crippen LogP contribution in [-0.4, -0.2) is 37.4 Å². The van der Waals surface area contributed by atoms with E-state index in [9.17, 15) is 10.1 Å². The minimum absolute atomic E-state index is 0.0328. The lowest BCUT2D eigenvalue weighted by Gasteiger charge is -2.23. The maximum Gasteiger partial charge on any atom is 0.307 e. The van der Waals surface area contributed by atoms with Gasteiger partial charge in [0.05, 0.1) is 32.7 Å². The highest BCUT2D eigenvalue weighted by Gasteiger charge is 2.31. The summed E-state index contributed by atoms with van der Waals surface area (Å²) in [4.78, 5) is 16.3. The van der Waals surface area contributed by atoms with Crippen LogP contribution in [0.1, 0.15) is 66.9 Å². The normalized spacial score (nSPS) is 17.0. The van der Waals surface area contributed by atoms with Crippen molar-refractivity contribution in [3.63, 3.8) is 0 Å². The Morgan fingerprint density at radius 2 is 1.93 bits per heavy atom. The Kier molecular flexibility index (Phi) is 8.82. The van der Waals surface area contributed by atoms with Crippen LogP contribution in [0, 0.1) is 29.0 Å². The zero-order valence-electron chi connectivity index (χ0n) is 23.1. The number of rotatable bonds is 8. The monoisotopic (exact) mass is 554 g/mol. The van der Waals surface area contributed by atoms with Crippen molar-refractivity contribution in [3.8, 4) is 40.7 Å². The van der Waals surface area contributed by atoms with Crippen LogP contribution in [0.2, 0.25) is 0 Å². The fourth-order valence-corrected chi connectivity index (χ4v) is 5.41. The number of halogens is 1. The molecule has 2 aliphatic rings. The fraction of sp³-hybridized carbons (Fsp3) is 0.364. The van der Waals surface area contributed by atoms with Crippen LogP contribution in [0.5, 0.6) is 11.6 Å². The molecule has 2 aromatic carbocycles. The summed E-state index contributed by atoms with van der Waals surface area (Å²) in [6.45, 7) is 2.99. The van der Waals surface area contributed by atoms with Crippen molar-refractivity contribution in [2.45, 2.75) is 57.2 Å². The first kappa shape index (κ1) is 28.1. The number of esters is 1. The fourth-order valence-electron chi connectivity index (χ4n) is 5.41. The topological polar surface area (TPSA) is 90.7 Å². The Balaban J connectivity index is 1.36. The van der Waals surface area contributed by atoms with E-state index >= 15 is 4.39 Å². The number of methoxy groups -OCH3 is 1. The molecule has 2 heterocycles. The van der Waals surface area contributed by atoms with E-state index < -0.39 is 6.10 Å². The molecule has 0 N–H and O–H groups in total. The van der Waals surface area contributed by atoms with Gasteiger partial charge in [0, 0.05) is 30.2 Å². The Labute approximate surface area is 239 Å². The van der Waals surface area contributed by atoms with Crippen LogP contribution < -0.4 is 9.47 Å². The third-order valence-electron chi connectivity index (χ3n) is 7.49. The van der Waals surface area contributed by atoms with Gasteiger partial charge in [-0.3, -0.25) is 4.79 Å². The molecule has 210 valence electrons. The third kappa shape index (κ3) is 6.34. The summed E-state index contributed by atoms with van der Waals surface area (Å²) in [5.74, 6) is 5.89. The van der Waals surface area contributed by atoms with Gasteiger partial charge in [-0.2, -0.15) is 5.26 Å². The molecular formula is C33H31FN2O5. The molecule has 0 radical (unpaired) electrons. The van der Waals surface area contributed by atoms with E-state index in [0.29, 0.717) is 48.8 Å². The first-order valence-corrected chi connectivity index (χ1v) is 13.7. The van der Waals surface area contributed by atoms with Gasteiger partial charge in [0.25, 0.3) is 0 Å². The summed E-state index contributed by atoms with van der Waals surface area (Å²) in [5.41, 5.74) is 4.16. The highest BCUT2D eigenvalue weighted by Crippen LogP contribution is 2.42. The first-order chi connectivity index (χ1) is 20.0. The molecule has 2 atom stereocenters. The molecular weight excluding hydrogens is 523 g/mol. The Hall–Kier alpha value is -4.40. The number of pyridine rings is 1. The Morgan fingerprint density at radius 3 is 2.63 bits per heavy atom. The van der Waals surface area contributed by atoms with E-state index in [4.69, 9.17) is 18.9 Å².